The Bertz CT molecular complexity index is 2320. The number of fused-ring (bicyclic) bond motifs is 3. The van der Waals surface area contributed by atoms with Gasteiger partial charge in [-0.15, -0.1) is 0 Å². The van der Waals surface area contributed by atoms with Gasteiger partial charge in [-0.3, -0.25) is 15.0 Å². The predicted molar refractivity (Wildman–Crippen MR) is 205 cm³/mol. The summed E-state index contributed by atoms with van der Waals surface area (Å²) < 4.78 is 12.4. The third-order valence-corrected chi connectivity index (χ3v) is 11.2. The minimum Gasteiger partial charge on any atom is -0.494 e. The lowest BCUT2D eigenvalue weighted by Gasteiger charge is -2.29. The van der Waals surface area contributed by atoms with Gasteiger partial charge in [-0.05, 0) is 83.1 Å². The first-order chi connectivity index (χ1) is 25.5. The summed E-state index contributed by atoms with van der Waals surface area (Å²) in [5.74, 6) is 5.72. The van der Waals surface area contributed by atoms with E-state index in [4.69, 9.17) is 9.47 Å². The number of thiazole rings is 2. The number of carbonyl (C=O) groups excluding carboxylic acids is 1. The predicted octanol–water partition coefficient (Wildman–Crippen LogP) is 6.92. The molecule has 2 aliphatic heterocycles. The Morgan fingerprint density at radius 2 is 1.77 bits per heavy atom. The largest absolute Gasteiger partial charge is 0.494 e. The monoisotopic (exact) mass is 729 g/mol. The number of hydrogen-bond donors (Lipinski definition) is 2. The van der Waals surface area contributed by atoms with E-state index in [0.29, 0.717) is 46.8 Å². The second-order valence-electron chi connectivity index (χ2n) is 12.7. The van der Waals surface area contributed by atoms with E-state index in [9.17, 15) is 14.7 Å². The molecule has 0 radical (unpaired) electrons. The van der Waals surface area contributed by atoms with Crippen LogP contribution < -0.4 is 15.0 Å². The standard InChI is InChI=1S/C40H35N5O5S2/c46-37(43-39-41-33-7-1-2-8-34(33)51-39)31-6-3-5-27-15-17-45(25-32(27)31)40-42-36(38(47)48)35(52-40)14-10-26-9-11-29-24-30(13-12-28(29)23-26)50-20-4-16-44-18-21-49-22-19-44/h1-3,5-9,11-13,23-24H,4,15-22,25H2,(H,47,48)(H,41,43,46). The molecule has 52 heavy (non-hydrogen) atoms. The molecule has 2 aromatic heterocycles. The van der Waals surface area contributed by atoms with Crippen molar-refractivity contribution in [3.05, 3.63) is 112 Å². The summed E-state index contributed by atoms with van der Waals surface area (Å²) in [5, 5.41) is 16.2. The molecule has 0 aliphatic carbocycles. The van der Waals surface area contributed by atoms with E-state index in [-0.39, 0.29) is 11.6 Å². The first kappa shape index (κ1) is 33.8. The van der Waals surface area contributed by atoms with Crippen molar-refractivity contribution in [3.8, 4) is 17.6 Å². The van der Waals surface area contributed by atoms with Crippen LogP contribution in [0.15, 0.2) is 78.9 Å². The highest BCUT2D eigenvalue weighted by molar-refractivity contribution is 7.22. The first-order valence-electron chi connectivity index (χ1n) is 17.2. The maximum Gasteiger partial charge on any atom is 0.356 e. The number of carbonyl (C=O) groups is 2. The van der Waals surface area contributed by atoms with Gasteiger partial charge in [-0.2, -0.15) is 0 Å². The summed E-state index contributed by atoms with van der Waals surface area (Å²) in [6.45, 7) is 6.27. The van der Waals surface area contributed by atoms with Crippen LogP contribution in [0.5, 0.6) is 5.75 Å². The van der Waals surface area contributed by atoms with Crippen LogP contribution in [-0.2, 0) is 17.7 Å². The van der Waals surface area contributed by atoms with Crippen LogP contribution in [0.25, 0.3) is 21.0 Å². The van der Waals surface area contributed by atoms with Gasteiger partial charge < -0.3 is 19.5 Å². The topological polar surface area (TPSA) is 117 Å². The second kappa shape index (κ2) is 15.1. The molecule has 0 unspecified atom stereocenters. The zero-order valence-electron chi connectivity index (χ0n) is 28.3. The number of ether oxygens (including phenoxy) is 2. The molecule has 4 aromatic carbocycles. The highest BCUT2D eigenvalue weighted by Crippen LogP contribution is 2.33. The molecule has 1 amide bonds. The van der Waals surface area contributed by atoms with Gasteiger partial charge in [0.15, 0.2) is 16.0 Å². The summed E-state index contributed by atoms with van der Waals surface area (Å²) in [5.41, 5.74) is 4.08. The number of nitrogens with zero attached hydrogens (tertiary/aromatic N) is 4. The fraction of sp³-hybridized carbons (Fsp3) is 0.250. The third kappa shape index (κ3) is 7.49. The fourth-order valence-corrected chi connectivity index (χ4v) is 8.34. The molecule has 0 spiro atoms. The van der Waals surface area contributed by atoms with Gasteiger partial charge in [0.1, 0.15) is 10.6 Å². The summed E-state index contributed by atoms with van der Waals surface area (Å²) in [4.78, 5) is 39.6. The molecule has 1 saturated heterocycles. The Balaban J connectivity index is 0.956. The highest BCUT2D eigenvalue weighted by atomic mass is 32.1. The van der Waals surface area contributed by atoms with Crippen molar-refractivity contribution in [2.24, 2.45) is 0 Å². The number of benzene rings is 4. The molecule has 0 atom stereocenters. The number of morpholine rings is 1. The van der Waals surface area contributed by atoms with Gasteiger partial charge in [0.25, 0.3) is 5.91 Å². The number of carboxylic acids is 1. The first-order valence-corrected chi connectivity index (χ1v) is 18.9. The normalized spacial score (nSPS) is 14.5. The lowest BCUT2D eigenvalue weighted by Crippen LogP contribution is -2.37. The van der Waals surface area contributed by atoms with Gasteiger partial charge in [0.2, 0.25) is 0 Å². The van der Waals surface area contributed by atoms with Gasteiger partial charge in [-0.1, -0.05) is 65.0 Å². The summed E-state index contributed by atoms with van der Waals surface area (Å²) in [7, 11) is 0. The Morgan fingerprint density at radius 3 is 2.63 bits per heavy atom. The van der Waals surface area contributed by atoms with E-state index in [0.717, 1.165) is 82.7 Å². The molecule has 6 aromatic rings. The Labute approximate surface area is 308 Å². The number of aromatic nitrogens is 2. The molecule has 2 N–H and O–H groups in total. The number of anilines is 2. The molecule has 8 rings (SSSR count). The molecule has 0 saturated carbocycles. The van der Waals surface area contributed by atoms with E-state index in [1.54, 1.807) is 0 Å². The zero-order chi connectivity index (χ0) is 35.4. The van der Waals surface area contributed by atoms with Crippen molar-refractivity contribution < 1.29 is 24.2 Å². The minimum atomic E-state index is -1.13. The number of aromatic carboxylic acids is 1. The van der Waals surface area contributed by atoms with Crippen molar-refractivity contribution in [2.75, 3.05) is 56.2 Å². The summed E-state index contributed by atoms with van der Waals surface area (Å²) >= 11 is 2.69. The van der Waals surface area contributed by atoms with Crippen molar-refractivity contribution >= 4 is 65.8 Å². The Kier molecular flexibility index (Phi) is 9.82. The molecule has 1 fully saturated rings. The number of amides is 1. The number of hydrogen-bond acceptors (Lipinski definition) is 10. The van der Waals surface area contributed by atoms with Crippen LogP contribution in [0, 0.1) is 11.8 Å². The van der Waals surface area contributed by atoms with E-state index in [1.165, 1.54) is 22.7 Å². The van der Waals surface area contributed by atoms with E-state index < -0.39 is 5.97 Å². The highest BCUT2D eigenvalue weighted by Gasteiger charge is 2.26. The van der Waals surface area contributed by atoms with Crippen LogP contribution in [0.1, 0.15) is 48.8 Å². The number of para-hydroxylation sites is 1. The molecule has 262 valence electrons. The maximum absolute atomic E-state index is 13.5. The molecule has 2 aliphatic rings. The zero-order valence-corrected chi connectivity index (χ0v) is 29.9. The Hall–Kier alpha value is -5.32. The van der Waals surface area contributed by atoms with Crippen LogP contribution in [-0.4, -0.2) is 77.9 Å². The number of carboxylic acid groups (broad SMARTS) is 1. The third-order valence-electron chi connectivity index (χ3n) is 9.24. The van der Waals surface area contributed by atoms with Gasteiger partial charge in [0, 0.05) is 43.9 Å². The average Bonchev–Trinajstić information content (AvgIpc) is 3.80. The molecule has 12 heteroatoms. The molecule has 0 bridgehead atoms. The molecular weight excluding hydrogens is 695 g/mol. The van der Waals surface area contributed by atoms with Gasteiger partial charge >= 0.3 is 5.97 Å². The van der Waals surface area contributed by atoms with Gasteiger partial charge in [-0.25, -0.2) is 14.8 Å². The number of rotatable bonds is 9. The smallest absolute Gasteiger partial charge is 0.356 e. The number of nitrogens with one attached hydrogen (secondary N) is 1. The average molecular weight is 730 g/mol. The van der Waals surface area contributed by atoms with Crippen LogP contribution >= 0.6 is 22.7 Å². The van der Waals surface area contributed by atoms with Crippen LogP contribution in [0.3, 0.4) is 0 Å². The summed E-state index contributed by atoms with van der Waals surface area (Å²) in [6, 6.07) is 25.5. The van der Waals surface area contributed by atoms with Crippen molar-refractivity contribution in [2.45, 2.75) is 19.4 Å². The fourth-order valence-electron chi connectivity index (χ4n) is 6.54. The minimum absolute atomic E-state index is 0.0728. The lowest BCUT2D eigenvalue weighted by molar-refractivity contribution is 0.0358. The van der Waals surface area contributed by atoms with Gasteiger partial charge in [0.05, 0.1) is 30.0 Å². The lowest BCUT2D eigenvalue weighted by atomic mass is 9.94. The summed E-state index contributed by atoms with van der Waals surface area (Å²) in [6.07, 6.45) is 1.65. The van der Waals surface area contributed by atoms with Crippen LogP contribution in [0.4, 0.5) is 10.3 Å². The van der Waals surface area contributed by atoms with E-state index >= 15 is 0 Å². The molecular formula is C40H35N5O5S2. The quantitative estimate of drug-likeness (QED) is 0.121. The van der Waals surface area contributed by atoms with Crippen LogP contribution in [0.2, 0.25) is 0 Å². The maximum atomic E-state index is 13.5. The van der Waals surface area contributed by atoms with E-state index in [1.807, 2.05) is 83.8 Å². The van der Waals surface area contributed by atoms with E-state index in [2.05, 4.69) is 32.0 Å². The Morgan fingerprint density at radius 1 is 0.923 bits per heavy atom. The van der Waals surface area contributed by atoms with Crippen molar-refractivity contribution in [1.29, 1.82) is 0 Å². The van der Waals surface area contributed by atoms with Crippen molar-refractivity contribution in [3.63, 3.8) is 0 Å². The van der Waals surface area contributed by atoms with Crippen molar-refractivity contribution in [1.82, 2.24) is 14.9 Å². The molecule has 4 heterocycles. The molecule has 10 nitrogen and oxygen atoms in total. The second-order valence-corrected chi connectivity index (χ2v) is 14.7. The SMILES string of the molecule is O=C(Nc1nc2ccccc2s1)c1cccc2c1CN(c1nc(C(=O)O)c(C#Cc3ccc4cc(OCCCN5CCOCC5)ccc4c3)s1)CC2.